The number of nitrogens with zero attached hydrogens (tertiary/aromatic N) is 5. The highest BCUT2D eigenvalue weighted by Crippen LogP contribution is 2.45. The van der Waals surface area contributed by atoms with Gasteiger partial charge in [0, 0.05) is 21.5 Å². The normalized spacial score (nSPS) is 13.8. The molecule has 0 unspecified atom stereocenters. The van der Waals surface area contributed by atoms with Crippen LogP contribution in [-0.2, 0) is 17.9 Å². The van der Waals surface area contributed by atoms with Gasteiger partial charge in [-0.1, -0.05) is 29.3 Å². The largest absolute Gasteiger partial charge is 0.292 e. The molecule has 1 N–H and O–H groups in total. The van der Waals surface area contributed by atoms with Gasteiger partial charge in [0.2, 0.25) is 11.9 Å². The molecule has 158 valence electrons. The number of carbonyl (C=O) groups excluding carboxylic acids is 1. The van der Waals surface area contributed by atoms with Crippen molar-refractivity contribution in [3.63, 3.8) is 0 Å². The molecule has 1 fully saturated rings. The highest BCUT2D eigenvalue weighted by Gasteiger charge is 2.34. The first-order valence-electron chi connectivity index (χ1n) is 9.00. The maximum absolute atomic E-state index is 13.2. The van der Waals surface area contributed by atoms with E-state index < -0.39 is 12.3 Å². The predicted molar refractivity (Wildman–Crippen MR) is 111 cm³/mol. The van der Waals surface area contributed by atoms with Crippen LogP contribution in [0.5, 0.6) is 0 Å². The molecular formula is C18H15BrCl2F2N6O. The van der Waals surface area contributed by atoms with Gasteiger partial charge >= 0.3 is 0 Å². The van der Waals surface area contributed by atoms with Crippen molar-refractivity contribution >= 4 is 51.0 Å². The number of anilines is 1. The third kappa shape index (κ3) is 4.50. The molecule has 0 saturated heterocycles. The highest BCUT2D eigenvalue weighted by molar-refractivity contribution is 9.10. The standard InChI is InChI=1S/C18H15BrCl2F2N6O/c19-14-15(17(22)23)26-29(16(14)9-4-5-9)7-13(30)25-18-24-8-28(27-18)6-10-11(20)2-1-3-12(10)21/h1-3,8-9,17H,4-7H2,(H,25,27,30). The molecule has 0 bridgehead atoms. The highest BCUT2D eigenvalue weighted by atomic mass is 79.9. The number of rotatable bonds is 7. The van der Waals surface area contributed by atoms with Crippen molar-refractivity contribution in [2.45, 2.75) is 38.3 Å². The fourth-order valence-corrected chi connectivity index (χ4v) is 4.35. The first-order chi connectivity index (χ1) is 14.3. The van der Waals surface area contributed by atoms with Crippen LogP contribution in [0.15, 0.2) is 29.0 Å². The van der Waals surface area contributed by atoms with E-state index in [-0.39, 0.29) is 35.1 Å². The zero-order chi connectivity index (χ0) is 21.4. The minimum Gasteiger partial charge on any atom is -0.292 e. The van der Waals surface area contributed by atoms with Gasteiger partial charge in [0.1, 0.15) is 18.6 Å². The molecule has 0 aliphatic heterocycles. The number of hydrogen-bond acceptors (Lipinski definition) is 4. The molecule has 0 atom stereocenters. The molecule has 12 heteroatoms. The number of carbonyl (C=O) groups is 1. The molecular weight excluding hydrogens is 505 g/mol. The summed E-state index contributed by atoms with van der Waals surface area (Å²) in [6, 6.07) is 5.18. The summed E-state index contributed by atoms with van der Waals surface area (Å²) < 4.78 is 29.4. The number of aromatic nitrogens is 5. The minimum atomic E-state index is -2.73. The number of nitrogens with one attached hydrogen (secondary N) is 1. The molecule has 4 rings (SSSR count). The number of hydrogen-bond donors (Lipinski definition) is 1. The average Bonchev–Trinajstić information content (AvgIpc) is 3.33. The molecule has 30 heavy (non-hydrogen) atoms. The molecule has 2 aromatic heterocycles. The van der Waals surface area contributed by atoms with Crippen molar-refractivity contribution in [2.24, 2.45) is 0 Å². The molecule has 2 heterocycles. The maximum atomic E-state index is 13.2. The van der Waals surface area contributed by atoms with Crippen LogP contribution in [0.4, 0.5) is 14.7 Å². The number of benzene rings is 1. The average molecular weight is 520 g/mol. The topological polar surface area (TPSA) is 77.6 Å². The van der Waals surface area contributed by atoms with Crippen molar-refractivity contribution in [1.29, 1.82) is 0 Å². The van der Waals surface area contributed by atoms with Crippen LogP contribution in [-0.4, -0.2) is 30.5 Å². The Bertz CT molecular complexity index is 1080. The van der Waals surface area contributed by atoms with Crippen molar-refractivity contribution in [3.8, 4) is 0 Å². The number of halogens is 5. The van der Waals surface area contributed by atoms with Crippen LogP contribution in [0.1, 0.15) is 42.1 Å². The van der Waals surface area contributed by atoms with E-state index in [2.05, 4.69) is 36.4 Å². The van der Waals surface area contributed by atoms with Crippen LogP contribution in [0, 0.1) is 0 Å². The van der Waals surface area contributed by atoms with Crippen molar-refractivity contribution in [3.05, 3.63) is 56.0 Å². The van der Waals surface area contributed by atoms with Gasteiger partial charge in [-0.3, -0.25) is 14.8 Å². The lowest BCUT2D eigenvalue weighted by molar-refractivity contribution is -0.117. The Morgan fingerprint density at radius 2 is 1.97 bits per heavy atom. The van der Waals surface area contributed by atoms with Gasteiger partial charge in [-0.2, -0.15) is 5.10 Å². The van der Waals surface area contributed by atoms with Crippen molar-refractivity contribution < 1.29 is 13.6 Å². The number of alkyl halides is 2. The fourth-order valence-electron chi connectivity index (χ4n) is 3.05. The Kier molecular flexibility index (Phi) is 6.08. The molecule has 1 amide bonds. The molecule has 0 radical (unpaired) electrons. The van der Waals surface area contributed by atoms with E-state index in [0.717, 1.165) is 12.8 Å². The Labute approximate surface area is 188 Å². The summed E-state index contributed by atoms with van der Waals surface area (Å²) >= 11 is 15.5. The van der Waals surface area contributed by atoms with Gasteiger partial charge in [-0.15, -0.1) is 5.10 Å². The maximum Gasteiger partial charge on any atom is 0.283 e. The smallest absolute Gasteiger partial charge is 0.283 e. The Hall–Kier alpha value is -2.04. The second-order valence-corrected chi connectivity index (χ2v) is 8.44. The summed E-state index contributed by atoms with van der Waals surface area (Å²) in [5.41, 5.74) is 0.939. The quantitative estimate of drug-likeness (QED) is 0.474. The lowest BCUT2D eigenvalue weighted by Crippen LogP contribution is -2.21. The van der Waals surface area contributed by atoms with Gasteiger partial charge in [-0.05, 0) is 40.9 Å². The first kappa shape index (κ1) is 21.2. The third-order valence-electron chi connectivity index (χ3n) is 4.59. The van der Waals surface area contributed by atoms with Crippen LogP contribution in [0.25, 0.3) is 0 Å². The van der Waals surface area contributed by atoms with Crippen LogP contribution in [0.3, 0.4) is 0 Å². The monoisotopic (exact) mass is 518 g/mol. The van der Waals surface area contributed by atoms with E-state index in [4.69, 9.17) is 23.2 Å². The van der Waals surface area contributed by atoms with Gasteiger partial charge in [-0.25, -0.2) is 18.4 Å². The Morgan fingerprint density at radius 1 is 1.27 bits per heavy atom. The van der Waals surface area contributed by atoms with Crippen LogP contribution in [0.2, 0.25) is 10.0 Å². The minimum absolute atomic E-state index is 0.0800. The van der Waals surface area contributed by atoms with Crippen LogP contribution >= 0.6 is 39.1 Å². The third-order valence-corrected chi connectivity index (χ3v) is 6.11. The fraction of sp³-hybridized carbons (Fsp3) is 0.333. The van der Waals surface area contributed by atoms with E-state index in [0.29, 0.717) is 21.3 Å². The second kappa shape index (κ2) is 8.60. The molecule has 1 aliphatic carbocycles. The Balaban J connectivity index is 1.45. The molecule has 1 aromatic carbocycles. The number of amides is 1. The summed E-state index contributed by atoms with van der Waals surface area (Å²) in [7, 11) is 0. The lowest BCUT2D eigenvalue weighted by Gasteiger charge is -2.07. The molecule has 1 aliphatic rings. The lowest BCUT2D eigenvalue weighted by atomic mass is 10.2. The summed E-state index contributed by atoms with van der Waals surface area (Å²) in [5.74, 6) is -0.262. The second-order valence-electron chi connectivity index (χ2n) is 6.83. The van der Waals surface area contributed by atoms with Gasteiger partial charge in [0.05, 0.1) is 16.7 Å². The molecule has 3 aromatic rings. The van der Waals surface area contributed by atoms with Crippen molar-refractivity contribution in [1.82, 2.24) is 24.5 Å². The Morgan fingerprint density at radius 3 is 2.60 bits per heavy atom. The van der Waals surface area contributed by atoms with Gasteiger partial charge in [0.25, 0.3) is 6.43 Å². The van der Waals surface area contributed by atoms with E-state index in [1.807, 2.05) is 0 Å². The summed E-state index contributed by atoms with van der Waals surface area (Å²) in [4.78, 5) is 16.5. The van der Waals surface area contributed by atoms with Gasteiger partial charge < -0.3 is 0 Å². The zero-order valence-electron chi connectivity index (χ0n) is 15.3. The van der Waals surface area contributed by atoms with E-state index in [1.165, 1.54) is 15.7 Å². The predicted octanol–water partition coefficient (Wildman–Crippen LogP) is 5.05. The summed E-state index contributed by atoms with van der Waals surface area (Å²) in [6.07, 6.45) is 0.468. The van der Waals surface area contributed by atoms with Crippen molar-refractivity contribution in [2.75, 3.05) is 5.32 Å². The molecule has 7 nitrogen and oxygen atoms in total. The van der Waals surface area contributed by atoms with E-state index >= 15 is 0 Å². The summed E-state index contributed by atoms with van der Waals surface area (Å²) in [5, 5.41) is 11.7. The zero-order valence-corrected chi connectivity index (χ0v) is 18.4. The van der Waals surface area contributed by atoms with E-state index in [9.17, 15) is 13.6 Å². The SMILES string of the molecule is O=C(Cn1nc(C(F)F)c(Br)c1C1CC1)Nc1ncn(Cc2c(Cl)cccc2Cl)n1. The summed E-state index contributed by atoms with van der Waals surface area (Å²) in [6.45, 7) is 0.0547. The molecule has 1 saturated carbocycles. The van der Waals surface area contributed by atoms with Gasteiger partial charge in [0.15, 0.2) is 0 Å². The van der Waals surface area contributed by atoms with Crippen LogP contribution < -0.4 is 5.32 Å². The first-order valence-corrected chi connectivity index (χ1v) is 10.5. The molecule has 0 spiro atoms. The van der Waals surface area contributed by atoms with E-state index in [1.54, 1.807) is 18.2 Å².